The Morgan fingerprint density at radius 1 is 0.867 bits per heavy atom. The first-order valence-electron chi connectivity index (χ1n) is 3.26. The Labute approximate surface area is 94.0 Å². The summed E-state index contributed by atoms with van der Waals surface area (Å²) < 4.78 is 67.0. The third kappa shape index (κ3) is 2.27. The number of rotatable bonds is 1. The van der Waals surface area contributed by atoms with Crippen LogP contribution in [0, 0.1) is 29.1 Å². The van der Waals surface area contributed by atoms with Crippen LogP contribution in [0.2, 0.25) is 0 Å². The van der Waals surface area contributed by atoms with Crippen molar-refractivity contribution < 1.29 is 26.7 Å². The Hall–Kier alpha value is -0.721. The Kier molecular flexibility index (Phi) is 3.64. The predicted molar refractivity (Wildman–Crippen MR) is 45.2 cm³/mol. The molecular formula is C7F5OSSe. The quantitative estimate of drug-likeness (QED) is 0.259. The first-order valence-corrected chi connectivity index (χ1v) is 4.53. The summed E-state index contributed by atoms with van der Waals surface area (Å²) in [7, 11) is 0. The second-order valence-corrected chi connectivity index (χ2v) is 3.98. The molecule has 0 heterocycles. The monoisotopic (exact) mass is 307 g/mol. The van der Waals surface area contributed by atoms with Gasteiger partial charge in [0.2, 0.25) is 0 Å². The molecule has 0 N–H and O–H groups in total. The number of benzene rings is 1. The molecule has 0 amide bonds. The second-order valence-electron chi connectivity index (χ2n) is 2.25. The number of ether oxygens (including phenoxy) is 1. The van der Waals surface area contributed by atoms with E-state index in [1.54, 1.807) is 0 Å². The van der Waals surface area contributed by atoms with Crippen LogP contribution in [0.15, 0.2) is 0 Å². The van der Waals surface area contributed by atoms with E-state index >= 15 is 0 Å². The molecule has 8 heteroatoms. The van der Waals surface area contributed by atoms with E-state index in [4.69, 9.17) is 0 Å². The molecule has 0 aliphatic heterocycles. The van der Waals surface area contributed by atoms with E-state index in [9.17, 15) is 22.0 Å². The van der Waals surface area contributed by atoms with Gasteiger partial charge in [0.15, 0.2) is 0 Å². The van der Waals surface area contributed by atoms with Gasteiger partial charge in [-0.15, -0.1) is 0 Å². The molecule has 0 saturated heterocycles. The van der Waals surface area contributed by atoms with Crippen molar-refractivity contribution in [3.05, 3.63) is 29.1 Å². The van der Waals surface area contributed by atoms with Gasteiger partial charge >= 0.3 is 93.7 Å². The van der Waals surface area contributed by atoms with E-state index in [1.807, 2.05) is 16.0 Å². The van der Waals surface area contributed by atoms with Crippen LogP contribution >= 0.6 is 12.2 Å². The number of thiocarbonyl (C=S) groups is 1. The Morgan fingerprint density at radius 3 is 1.53 bits per heavy atom. The van der Waals surface area contributed by atoms with Crippen LogP contribution in [-0.2, 0) is 0 Å². The molecule has 81 valence electrons. The third-order valence-corrected chi connectivity index (χ3v) is 1.61. The fraction of sp³-hybridized carbons (Fsp3) is 0. The van der Waals surface area contributed by atoms with E-state index in [1.165, 1.54) is 0 Å². The summed E-state index contributed by atoms with van der Waals surface area (Å²) in [5.74, 6) is -12.0. The van der Waals surface area contributed by atoms with E-state index in [0.717, 1.165) is 0 Å². The minimum atomic E-state index is -2.25. The van der Waals surface area contributed by atoms with Crippen molar-refractivity contribution in [2.45, 2.75) is 0 Å². The molecule has 0 atom stereocenters. The normalized spacial score (nSPS) is 10.2. The molecule has 0 aliphatic rings. The minimum absolute atomic E-state index is 0.488. The summed E-state index contributed by atoms with van der Waals surface area (Å²) in [4.78, 5) is 0. The van der Waals surface area contributed by atoms with E-state index < -0.39 is 38.8 Å². The van der Waals surface area contributed by atoms with Gasteiger partial charge in [0.05, 0.1) is 0 Å². The van der Waals surface area contributed by atoms with Gasteiger partial charge in [0.1, 0.15) is 0 Å². The van der Waals surface area contributed by atoms with Crippen molar-refractivity contribution in [3.63, 3.8) is 0 Å². The van der Waals surface area contributed by atoms with Crippen LogP contribution < -0.4 is 4.74 Å². The van der Waals surface area contributed by atoms with Gasteiger partial charge in [-0.1, -0.05) is 0 Å². The van der Waals surface area contributed by atoms with E-state index in [-0.39, 0.29) is 0 Å². The molecule has 15 heavy (non-hydrogen) atoms. The van der Waals surface area contributed by atoms with Gasteiger partial charge in [0, 0.05) is 0 Å². The van der Waals surface area contributed by atoms with E-state index in [0.29, 0.717) is 0 Å². The van der Waals surface area contributed by atoms with Gasteiger partial charge < -0.3 is 0 Å². The summed E-state index contributed by atoms with van der Waals surface area (Å²) >= 11 is 6.30. The molecule has 1 nitrogen and oxygen atoms in total. The molecular weight excluding hydrogens is 306 g/mol. The fourth-order valence-corrected chi connectivity index (χ4v) is 1.02. The van der Waals surface area contributed by atoms with Crippen molar-refractivity contribution in [3.8, 4) is 5.75 Å². The molecule has 1 aromatic carbocycles. The van der Waals surface area contributed by atoms with Crippen LogP contribution in [0.4, 0.5) is 22.0 Å². The molecule has 0 saturated carbocycles. The molecule has 0 fully saturated rings. The second kappa shape index (κ2) is 4.42. The van der Waals surface area contributed by atoms with Gasteiger partial charge in [-0.3, -0.25) is 0 Å². The van der Waals surface area contributed by atoms with Crippen molar-refractivity contribution >= 4 is 32.2 Å². The number of hydrogen-bond acceptors (Lipinski definition) is 2. The average molecular weight is 306 g/mol. The van der Waals surface area contributed by atoms with Crippen LogP contribution in [-0.4, -0.2) is 20.0 Å². The summed E-state index contributed by atoms with van der Waals surface area (Å²) in [6.45, 7) is 0. The Morgan fingerprint density at radius 2 is 1.20 bits per heavy atom. The molecule has 0 bridgehead atoms. The Balaban J connectivity index is 3.45. The number of halogens is 5. The standard InChI is InChI=1S/C7F5OSSe/c8-1-2(9)4(11)6(13-7(14)15)5(12)3(1)10. The van der Waals surface area contributed by atoms with Crippen molar-refractivity contribution in [1.29, 1.82) is 0 Å². The molecule has 0 aliphatic carbocycles. The zero-order chi connectivity index (χ0) is 11.7. The molecule has 1 aromatic rings. The average Bonchev–Trinajstić information content (AvgIpc) is 2.18. The molecule has 1 rings (SSSR count). The zero-order valence-electron chi connectivity index (χ0n) is 6.61. The third-order valence-electron chi connectivity index (χ3n) is 1.35. The maximum absolute atomic E-state index is 12.8. The van der Waals surface area contributed by atoms with Gasteiger partial charge in [0.25, 0.3) is 0 Å². The SMILES string of the molecule is Fc1c(F)c(F)c(OC(=S)[Se])c(F)c1F. The summed E-state index contributed by atoms with van der Waals surface area (Å²) in [6.07, 6.45) is 0. The predicted octanol–water partition coefficient (Wildman–Crippen LogP) is 2.21. The van der Waals surface area contributed by atoms with Gasteiger partial charge in [-0.25, -0.2) is 0 Å². The van der Waals surface area contributed by atoms with Crippen molar-refractivity contribution in [2.75, 3.05) is 0 Å². The van der Waals surface area contributed by atoms with Gasteiger partial charge in [-0.05, 0) is 0 Å². The first kappa shape index (κ1) is 12.3. The van der Waals surface area contributed by atoms with Crippen molar-refractivity contribution in [1.82, 2.24) is 0 Å². The first-order chi connectivity index (χ1) is 6.86. The van der Waals surface area contributed by atoms with Crippen LogP contribution in [0.25, 0.3) is 0 Å². The molecule has 0 aromatic heterocycles. The van der Waals surface area contributed by atoms with Crippen LogP contribution in [0.3, 0.4) is 0 Å². The summed E-state index contributed by atoms with van der Waals surface area (Å²) in [5.41, 5.74) is 0. The Bertz CT molecular complexity index is 407. The maximum atomic E-state index is 12.8. The molecule has 0 unspecified atom stereocenters. The molecule has 0 spiro atoms. The summed E-state index contributed by atoms with van der Waals surface area (Å²) in [6, 6.07) is 0. The zero-order valence-corrected chi connectivity index (χ0v) is 9.14. The van der Waals surface area contributed by atoms with E-state index in [2.05, 4.69) is 17.0 Å². The topological polar surface area (TPSA) is 9.23 Å². The number of hydrogen-bond donors (Lipinski definition) is 0. The summed E-state index contributed by atoms with van der Waals surface area (Å²) in [5, 5.41) is 0. The fourth-order valence-electron chi connectivity index (χ4n) is 0.758. The van der Waals surface area contributed by atoms with Crippen LogP contribution in [0.5, 0.6) is 5.75 Å². The molecule has 1 radical (unpaired) electrons. The van der Waals surface area contributed by atoms with Gasteiger partial charge in [-0.2, -0.15) is 0 Å². The van der Waals surface area contributed by atoms with Crippen molar-refractivity contribution in [2.24, 2.45) is 0 Å². The van der Waals surface area contributed by atoms with Crippen LogP contribution in [0.1, 0.15) is 0 Å².